The maximum Gasteiger partial charge on any atom is 0.481 e. The third-order valence-electron chi connectivity index (χ3n) is 8.38. The van der Waals surface area contributed by atoms with Crippen molar-refractivity contribution < 1.29 is 80.5 Å². The van der Waals surface area contributed by atoms with Crippen molar-refractivity contribution in [2.75, 3.05) is 37.8 Å². The first kappa shape index (κ1) is 48.4. The second-order valence-corrected chi connectivity index (χ2v) is 18.9. The molecule has 2 unspecified atom stereocenters. The highest BCUT2D eigenvalue weighted by atomic mass is 32.2. The number of nitrogens with zero attached hydrogens (tertiary/aromatic N) is 4. The molecule has 3 heterocycles. The number of amides is 2. The van der Waals surface area contributed by atoms with Crippen LogP contribution in [-0.2, 0) is 50.7 Å². The van der Waals surface area contributed by atoms with Crippen LogP contribution in [0.25, 0.3) is 11.2 Å². The Hall–Kier alpha value is -3.26. The first-order valence-electron chi connectivity index (χ1n) is 17.3. The number of rotatable bonds is 22. The van der Waals surface area contributed by atoms with Gasteiger partial charge >= 0.3 is 23.5 Å². The quantitative estimate of drug-likeness (QED) is 0.0459. The number of ether oxygens (including phenoxy) is 1. The molecule has 4 rings (SSSR count). The summed E-state index contributed by atoms with van der Waals surface area (Å²) in [5.41, 5.74) is 11.1. The summed E-state index contributed by atoms with van der Waals surface area (Å²) in [5, 5.41) is 26.3. The molecule has 0 spiro atoms. The van der Waals surface area contributed by atoms with E-state index >= 15 is 0 Å². The van der Waals surface area contributed by atoms with Crippen molar-refractivity contribution >= 4 is 69.1 Å². The smallest absolute Gasteiger partial charge is 0.386 e. The molecule has 0 bridgehead atoms. The number of anilines is 1. The van der Waals surface area contributed by atoms with Gasteiger partial charge in [0.2, 0.25) is 11.8 Å². The lowest BCUT2D eigenvalue weighted by molar-refractivity contribution is -0.137. The molecule has 29 heteroatoms. The number of hydrogen-bond donors (Lipinski definition) is 10. The van der Waals surface area contributed by atoms with Gasteiger partial charge in [-0.25, -0.2) is 28.6 Å². The Balaban J connectivity index is 1.20. The minimum Gasteiger partial charge on any atom is -0.386 e. The van der Waals surface area contributed by atoms with Crippen LogP contribution < -0.4 is 22.1 Å². The van der Waals surface area contributed by atoms with Gasteiger partial charge in [0.1, 0.15) is 36.3 Å². The van der Waals surface area contributed by atoms with Crippen LogP contribution in [0.5, 0.6) is 0 Å². The lowest BCUT2D eigenvalue weighted by Gasteiger charge is -2.30. The van der Waals surface area contributed by atoms with Crippen molar-refractivity contribution in [3.05, 3.63) is 48.5 Å². The summed E-state index contributed by atoms with van der Waals surface area (Å²) in [6.07, 6.45) is -6.86. The number of aliphatic hydroxyl groups is 2. The van der Waals surface area contributed by atoms with Gasteiger partial charge in [0, 0.05) is 43.1 Å². The van der Waals surface area contributed by atoms with Gasteiger partial charge in [-0.15, -0.1) is 0 Å². The summed E-state index contributed by atoms with van der Waals surface area (Å²) < 4.78 is 62.2. The van der Waals surface area contributed by atoms with Crippen LogP contribution in [0.2, 0.25) is 0 Å². The lowest BCUT2D eigenvalue weighted by atomic mass is 9.87. The van der Waals surface area contributed by atoms with E-state index in [1.807, 2.05) is 30.3 Å². The van der Waals surface area contributed by atoms with Crippen LogP contribution in [0.15, 0.2) is 43.0 Å². The highest BCUT2D eigenvalue weighted by Crippen LogP contribution is 2.61. The number of fused-ring (bicyclic) bond motifs is 1. The molecule has 1 aromatic carbocycles. The van der Waals surface area contributed by atoms with Gasteiger partial charge in [0.25, 0.3) is 0 Å². The number of phosphoric ester groups is 3. The van der Waals surface area contributed by atoms with Gasteiger partial charge in [0.15, 0.2) is 22.8 Å². The van der Waals surface area contributed by atoms with E-state index < -0.39 is 90.6 Å². The fraction of sp³-hybridized carbons (Fsp3) is 0.533. The van der Waals surface area contributed by atoms with Gasteiger partial charge in [-0.3, -0.25) is 32.5 Å². The van der Waals surface area contributed by atoms with Crippen molar-refractivity contribution in [1.82, 2.24) is 30.2 Å². The molecule has 1 saturated heterocycles. The molecule has 0 aliphatic carbocycles. The average Bonchev–Trinajstić information content (AvgIpc) is 3.71. The summed E-state index contributed by atoms with van der Waals surface area (Å²) in [4.78, 5) is 88.0. The molecule has 3 aromatic rings. The van der Waals surface area contributed by atoms with E-state index in [0.717, 1.165) is 34.5 Å². The monoisotopic (exact) mass is 914 g/mol. The van der Waals surface area contributed by atoms with Crippen molar-refractivity contribution in [3.8, 4) is 0 Å². The SMILES string of the molecule is CC(C)(COP(=O)(O)OP(=O)(O)OC[C@H]1O[C@@H](n2cnc3c(N)ncnc32)[C@H](O)[C@@H]1OP(=O)(O)O)[C@@H](O)C(=O)NCCC(=O)NCCSC(=O)C[C@@H](N)c1ccccc1. The Kier molecular flexibility index (Phi) is 16.8. The van der Waals surface area contributed by atoms with Gasteiger partial charge in [-0.1, -0.05) is 55.9 Å². The summed E-state index contributed by atoms with van der Waals surface area (Å²) in [7, 11) is -16.4. The number of aliphatic hydroxyl groups excluding tert-OH is 2. The van der Waals surface area contributed by atoms with E-state index in [2.05, 4.69) is 34.4 Å². The van der Waals surface area contributed by atoms with Crippen LogP contribution >= 0.6 is 35.2 Å². The topological polar surface area (TPSA) is 390 Å². The molecule has 8 atom stereocenters. The molecule has 0 saturated carbocycles. The predicted octanol–water partition coefficient (Wildman–Crippen LogP) is -0.245. The number of nitrogens with one attached hydrogen (secondary N) is 2. The van der Waals surface area contributed by atoms with Crippen molar-refractivity contribution in [1.29, 1.82) is 0 Å². The third-order valence-corrected chi connectivity index (χ3v) is 12.4. The molecular formula is C30H45N8O17P3S. The van der Waals surface area contributed by atoms with E-state index in [0.29, 0.717) is 0 Å². The third kappa shape index (κ3) is 14.4. The Labute approximate surface area is 340 Å². The highest BCUT2D eigenvalue weighted by Gasteiger charge is 2.50. The Bertz CT molecular complexity index is 2080. The first-order valence-corrected chi connectivity index (χ1v) is 22.8. The number of phosphoric acid groups is 3. The molecule has 0 radical (unpaired) electrons. The molecule has 2 aromatic heterocycles. The number of nitrogens with two attached hydrogens (primary N) is 2. The summed E-state index contributed by atoms with van der Waals surface area (Å²) in [6.45, 7) is 0.400. The number of hydrogen-bond acceptors (Lipinski definition) is 19. The van der Waals surface area contributed by atoms with Crippen LogP contribution in [0, 0.1) is 5.41 Å². The number of carbonyl (C=O) groups is 3. The maximum absolute atomic E-state index is 12.7. The Morgan fingerprint density at radius 3 is 2.37 bits per heavy atom. The number of thioether (sulfide) groups is 1. The molecule has 1 aliphatic rings. The molecule has 25 nitrogen and oxygen atoms in total. The van der Waals surface area contributed by atoms with Crippen LogP contribution in [0.1, 0.15) is 44.5 Å². The number of benzene rings is 1. The van der Waals surface area contributed by atoms with Crippen LogP contribution in [-0.4, -0.2) is 123 Å². The van der Waals surface area contributed by atoms with Crippen LogP contribution in [0.3, 0.4) is 0 Å². The van der Waals surface area contributed by atoms with Gasteiger partial charge in [-0.2, -0.15) is 4.31 Å². The Morgan fingerprint density at radius 1 is 1.02 bits per heavy atom. The molecule has 12 N–H and O–H groups in total. The predicted molar refractivity (Wildman–Crippen MR) is 205 cm³/mol. The first-order chi connectivity index (χ1) is 27.5. The van der Waals surface area contributed by atoms with Crippen LogP contribution in [0.4, 0.5) is 5.82 Å². The van der Waals surface area contributed by atoms with E-state index in [1.165, 1.54) is 13.8 Å². The molecule has 1 fully saturated rings. The standard InChI is InChI=1S/C30H45N8O17P3S/c1-30(2,25(42)28(43)34-9-8-20(39)33-10-11-59-21(40)12-18(31)17-6-4-3-5-7-17)14-52-58(49,50)55-57(47,48)51-13-19-24(54-56(44,45)46)23(41)29(53-19)38-16-37-22-26(32)35-15-36-27(22)38/h3-7,15-16,18-19,23-25,29,41-42H,8-14,31H2,1-2H3,(H,33,39)(H,34,43)(H,47,48)(H,49,50)(H2,32,35,36)(H2,44,45,46)/t18-,19-,23-,24-,25+,29-/m1/s1. The molecule has 328 valence electrons. The second kappa shape index (κ2) is 20.5. The molecule has 59 heavy (non-hydrogen) atoms. The fourth-order valence-electron chi connectivity index (χ4n) is 5.35. The minimum absolute atomic E-state index is 0.0271. The zero-order chi connectivity index (χ0) is 43.8. The largest absolute Gasteiger partial charge is 0.481 e. The molecule has 2 amide bonds. The maximum atomic E-state index is 12.7. The zero-order valence-corrected chi connectivity index (χ0v) is 34.8. The van der Waals surface area contributed by atoms with Crippen molar-refractivity contribution in [2.24, 2.45) is 11.1 Å². The van der Waals surface area contributed by atoms with E-state index in [1.54, 1.807) is 0 Å². The summed E-state index contributed by atoms with van der Waals surface area (Å²) >= 11 is 1.01. The van der Waals surface area contributed by atoms with E-state index in [9.17, 15) is 57.9 Å². The lowest BCUT2D eigenvalue weighted by Crippen LogP contribution is -2.46. The number of imidazole rings is 1. The van der Waals surface area contributed by atoms with Gasteiger partial charge in [-0.05, 0) is 5.56 Å². The molecular weight excluding hydrogens is 869 g/mol. The number of aromatic nitrogens is 4. The van der Waals surface area contributed by atoms with Crippen molar-refractivity contribution in [3.63, 3.8) is 0 Å². The van der Waals surface area contributed by atoms with E-state index in [4.69, 9.17) is 25.3 Å². The van der Waals surface area contributed by atoms with Gasteiger partial charge in [0.05, 0.1) is 19.5 Å². The number of carbonyl (C=O) groups excluding carboxylic acids is 3. The normalized spacial score (nSPS) is 21.6. The Morgan fingerprint density at radius 2 is 1.69 bits per heavy atom. The van der Waals surface area contributed by atoms with Gasteiger partial charge < -0.3 is 56.6 Å². The summed E-state index contributed by atoms with van der Waals surface area (Å²) in [5.74, 6) is -1.21. The number of nitrogen functional groups attached to an aromatic ring is 1. The summed E-state index contributed by atoms with van der Waals surface area (Å²) in [6, 6.07) is 8.67. The second-order valence-electron chi connectivity index (χ2n) is 13.5. The minimum atomic E-state index is -5.58. The molecule has 1 aliphatic heterocycles. The average molecular weight is 915 g/mol. The zero-order valence-electron chi connectivity index (χ0n) is 31.3. The fourth-order valence-corrected chi connectivity index (χ4v) is 8.91. The van der Waals surface area contributed by atoms with Crippen molar-refractivity contribution in [2.45, 2.75) is 63.4 Å². The highest BCUT2D eigenvalue weighted by molar-refractivity contribution is 8.13. The van der Waals surface area contributed by atoms with E-state index in [-0.39, 0.29) is 53.8 Å².